The van der Waals surface area contributed by atoms with Gasteiger partial charge in [-0.3, -0.25) is 19.6 Å². The van der Waals surface area contributed by atoms with Crippen molar-refractivity contribution in [3.8, 4) is 5.13 Å². The minimum atomic E-state index is -1.30. The number of nitrogens with one attached hydrogen (secondary N) is 2. The summed E-state index contributed by atoms with van der Waals surface area (Å²) in [7, 11) is 3.45. The van der Waals surface area contributed by atoms with Gasteiger partial charge in [0.1, 0.15) is 11.4 Å². The van der Waals surface area contributed by atoms with Crippen LogP contribution in [-0.4, -0.2) is 94.8 Å². The quantitative estimate of drug-likeness (QED) is 0.193. The van der Waals surface area contributed by atoms with Gasteiger partial charge in [0.15, 0.2) is 16.7 Å². The number of anilines is 1. The van der Waals surface area contributed by atoms with Gasteiger partial charge in [-0.05, 0) is 37.8 Å². The van der Waals surface area contributed by atoms with Crippen LogP contribution >= 0.6 is 11.3 Å². The Kier molecular flexibility index (Phi) is 9.92. The fourth-order valence-electron chi connectivity index (χ4n) is 4.65. The molecule has 230 valence electrons. The third kappa shape index (κ3) is 7.45. The highest BCUT2D eigenvalue weighted by molar-refractivity contribution is 7.12. The molecule has 2 saturated heterocycles. The maximum Gasteiger partial charge on any atom is 0.341 e. The largest absolute Gasteiger partial charge is 0.477 e. The van der Waals surface area contributed by atoms with Gasteiger partial charge >= 0.3 is 5.97 Å². The third-order valence-corrected chi connectivity index (χ3v) is 7.82. The van der Waals surface area contributed by atoms with Gasteiger partial charge in [0, 0.05) is 58.1 Å². The fourth-order valence-corrected chi connectivity index (χ4v) is 5.27. The van der Waals surface area contributed by atoms with Gasteiger partial charge in [-0.15, -0.1) is 11.3 Å². The Morgan fingerprint density at radius 3 is 2.60 bits per heavy atom. The molecule has 1 amide bonds. The summed E-state index contributed by atoms with van der Waals surface area (Å²) in [6.07, 6.45) is 6.16. The highest BCUT2D eigenvalue weighted by atomic mass is 32.1. The van der Waals surface area contributed by atoms with E-state index in [0.717, 1.165) is 25.9 Å². The van der Waals surface area contributed by atoms with Crippen molar-refractivity contribution >= 4 is 52.0 Å². The lowest BCUT2D eigenvalue weighted by Crippen LogP contribution is -2.55. The molecule has 0 bridgehead atoms. The Morgan fingerprint density at radius 2 is 2.05 bits per heavy atom. The number of hydrogen-bond acceptors (Lipinski definition) is 9. The van der Waals surface area contributed by atoms with E-state index in [1.54, 1.807) is 48.1 Å². The number of carbonyl (C=O) groups excluding carboxylic acids is 1. The molecule has 16 heteroatoms. The molecule has 0 radical (unpaired) electrons. The number of nitrogens with two attached hydrogens (primary N) is 2. The van der Waals surface area contributed by atoms with Crippen LogP contribution in [-0.2, 0) is 9.53 Å². The number of ether oxygens (including phenoxy) is 1. The van der Waals surface area contributed by atoms with Crippen LogP contribution in [0.4, 0.5) is 5.82 Å². The van der Waals surface area contributed by atoms with Crippen LogP contribution in [0.1, 0.15) is 35.2 Å². The summed E-state index contributed by atoms with van der Waals surface area (Å²) >= 11 is 1.32. The molecule has 0 spiro atoms. The summed E-state index contributed by atoms with van der Waals surface area (Å²) in [5, 5.41) is 21.8. The van der Waals surface area contributed by atoms with Crippen LogP contribution in [0.2, 0.25) is 0 Å². The molecule has 5 heterocycles. The number of fused-ring (bicyclic) bond motifs is 1. The number of aliphatic imine (C=N–C) groups is 1. The van der Waals surface area contributed by atoms with Gasteiger partial charge in [0.25, 0.3) is 0 Å². The molecule has 7 N–H and O–H groups in total. The van der Waals surface area contributed by atoms with Gasteiger partial charge in [-0.2, -0.15) is 4.99 Å². The molecule has 2 fully saturated rings. The van der Waals surface area contributed by atoms with Gasteiger partial charge < -0.3 is 36.4 Å². The number of nitrogens with zero attached hydrogens (tertiary/aromatic N) is 6. The summed E-state index contributed by atoms with van der Waals surface area (Å²) in [5.41, 5.74) is 10.3. The minimum Gasteiger partial charge on any atom is -0.477 e. The van der Waals surface area contributed by atoms with Crippen LogP contribution in [0.15, 0.2) is 33.6 Å². The predicted molar refractivity (Wildman–Crippen MR) is 164 cm³/mol. The van der Waals surface area contributed by atoms with E-state index in [-0.39, 0.29) is 40.8 Å². The molecular formula is C27H36N10O5S. The summed E-state index contributed by atoms with van der Waals surface area (Å²) in [6.45, 7) is 4.09. The Balaban J connectivity index is 0.000000410. The smallest absolute Gasteiger partial charge is 0.341 e. The number of carboxylic acid groups (broad SMARTS) is 1. The third-order valence-electron chi connectivity index (χ3n) is 7.05. The normalized spacial score (nSPS) is 17.0. The van der Waals surface area contributed by atoms with E-state index < -0.39 is 11.4 Å². The highest BCUT2D eigenvalue weighted by Crippen LogP contribution is 2.28. The maximum atomic E-state index is 12.9. The maximum absolute atomic E-state index is 12.9. The molecule has 3 aromatic rings. The molecule has 3 aromatic heterocycles. The summed E-state index contributed by atoms with van der Waals surface area (Å²) in [6, 6.07) is 1.77. The van der Waals surface area contributed by atoms with E-state index >= 15 is 0 Å². The zero-order valence-electron chi connectivity index (χ0n) is 24.2. The molecule has 0 saturated carbocycles. The fraction of sp³-hybridized carbons (Fsp3) is 0.444. The number of carbonyl (C=O) groups is 2. The number of aromatic carboxylic acids is 1. The number of aromatic nitrogens is 3. The number of carboxylic acids is 1. The average molecular weight is 613 g/mol. The summed E-state index contributed by atoms with van der Waals surface area (Å²) < 4.78 is 7.23. The number of hydrogen-bond donors (Lipinski definition) is 5. The molecule has 5 rings (SSSR count). The van der Waals surface area contributed by atoms with Gasteiger partial charge in [0.05, 0.1) is 17.4 Å². The topological polar surface area (TPSA) is 218 Å². The van der Waals surface area contributed by atoms with Crippen molar-refractivity contribution in [2.24, 2.45) is 22.4 Å². The lowest BCUT2D eigenvalue weighted by molar-refractivity contribution is -0.126. The first-order valence-electron chi connectivity index (χ1n) is 13.7. The van der Waals surface area contributed by atoms with Crippen molar-refractivity contribution in [2.45, 2.75) is 32.3 Å². The molecule has 0 aliphatic carbocycles. The molecule has 0 aromatic carbocycles. The Morgan fingerprint density at radius 1 is 1.30 bits per heavy atom. The minimum absolute atomic E-state index is 0.00808. The van der Waals surface area contributed by atoms with Crippen molar-refractivity contribution < 1.29 is 19.4 Å². The second kappa shape index (κ2) is 13.6. The SMILES string of the molecule is CN(C)C(N)=NC(=N)N.Cc1cc(N2CC(C(=O)NC[C@H]3CCCCO3)C2)nc2c1c(=O)c(C(=O)O)cn2-c1nccs1. The van der Waals surface area contributed by atoms with E-state index in [9.17, 15) is 19.5 Å². The summed E-state index contributed by atoms with van der Waals surface area (Å²) in [5.74, 6) is -0.831. The molecule has 43 heavy (non-hydrogen) atoms. The predicted octanol–water partition coefficient (Wildman–Crippen LogP) is 0.726. The zero-order chi connectivity index (χ0) is 31.3. The number of amides is 1. The Labute approximate surface area is 251 Å². The number of thiazole rings is 1. The monoisotopic (exact) mass is 612 g/mol. The number of aryl methyl sites for hydroxylation is 1. The number of guanidine groups is 2. The average Bonchev–Trinajstić information content (AvgIpc) is 3.46. The van der Waals surface area contributed by atoms with Crippen molar-refractivity contribution in [3.05, 3.63) is 45.2 Å². The van der Waals surface area contributed by atoms with Crippen LogP contribution in [0, 0.1) is 18.3 Å². The lowest BCUT2D eigenvalue weighted by Gasteiger charge is -2.39. The number of rotatable bonds is 6. The van der Waals surface area contributed by atoms with Gasteiger partial charge in [-0.1, -0.05) is 0 Å². The molecular weight excluding hydrogens is 576 g/mol. The summed E-state index contributed by atoms with van der Waals surface area (Å²) in [4.78, 5) is 53.1. The van der Waals surface area contributed by atoms with Crippen LogP contribution in [0.3, 0.4) is 0 Å². The van der Waals surface area contributed by atoms with Crippen molar-refractivity contribution in [3.63, 3.8) is 0 Å². The van der Waals surface area contributed by atoms with E-state index in [0.29, 0.717) is 41.8 Å². The first-order chi connectivity index (χ1) is 20.5. The van der Waals surface area contributed by atoms with E-state index in [4.69, 9.17) is 26.6 Å². The van der Waals surface area contributed by atoms with Crippen LogP contribution in [0.5, 0.6) is 0 Å². The molecule has 2 aliphatic heterocycles. The van der Waals surface area contributed by atoms with Gasteiger partial charge in [0.2, 0.25) is 17.3 Å². The highest BCUT2D eigenvalue weighted by Gasteiger charge is 2.34. The van der Waals surface area contributed by atoms with E-state index in [1.807, 2.05) is 4.90 Å². The van der Waals surface area contributed by atoms with Crippen molar-refractivity contribution in [2.75, 3.05) is 45.2 Å². The van der Waals surface area contributed by atoms with Gasteiger partial charge in [-0.25, -0.2) is 14.8 Å². The molecule has 2 aliphatic rings. The second-order valence-electron chi connectivity index (χ2n) is 10.4. The first kappa shape index (κ1) is 31.4. The molecule has 0 unspecified atom stereocenters. The standard InChI is InChI=1S/C23H25N5O5S.C4H11N5/c1-13-8-17(27-10-14(11-27)21(30)25-9-15-4-2-3-6-33-15)26-20-18(13)19(29)16(22(31)32)12-28(20)23-24-5-7-34-23;1-9(2)4(7)8-3(5)6/h5,7-8,12,14-15H,2-4,6,9-11H2,1H3,(H,25,30)(H,31,32);1-2H3,(H5,5,6,7,8)/t15-;/m1./s1. The zero-order valence-corrected chi connectivity index (χ0v) is 25.1. The molecule has 15 nitrogen and oxygen atoms in total. The second-order valence-corrected chi connectivity index (χ2v) is 11.3. The number of pyridine rings is 2. The molecule has 1 atom stereocenters. The van der Waals surface area contributed by atoms with Crippen LogP contribution in [0.25, 0.3) is 16.2 Å². The first-order valence-corrected chi connectivity index (χ1v) is 14.5. The van der Waals surface area contributed by atoms with Crippen LogP contribution < -0.4 is 27.1 Å². The van der Waals surface area contributed by atoms with Crippen molar-refractivity contribution in [1.82, 2.24) is 24.8 Å². The van der Waals surface area contributed by atoms with E-state index in [1.165, 1.54) is 17.5 Å². The Hall–Kier alpha value is -4.57. The van der Waals surface area contributed by atoms with E-state index in [2.05, 4.69) is 15.3 Å². The lowest BCUT2D eigenvalue weighted by atomic mass is 9.98. The van der Waals surface area contributed by atoms with Crippen molar-refractivity contribution in [1.29, 1.82) is 5.41 Å². The Bertz CT molecular complexity index is 1570.